The van der Waals surface area contributed by atoms with E-state index in [1.54, 1.807) is 7.11 Å². The topological polar surface area (TPSA) is 111 Å². The van der Waals surface area contributed by atoms with Gasteiger partial charge >= 0.3 is 0 Å². The highest BCUT2D eigenvalue weighted by atomic mass is 16.6. The van der Waals surface area contributed by atoms with Crippen molar-refractivity contribution in [1.82, 2.24) is 10.6 Å². The van der Waals surface area contributed by atoms with Crippen LogP contribution in [0.5, 0.6) is 5.75 Å². The quantitative estimate of drug-likeness (QED) is 0.552. The number of rotatable bonds is 8. The van der Waals surface area contributed by atoms with Crippen LogP contribution in [0.4, 0.5) is 5.69 Å². The van der Waals surface area contributed by atoms with E-state index in [0.717, 1.165) is 17.4 Å². The van der Waals surface area contributed by atoms with Gasteiger partial charge in [0.05, 0.1) is 18.6 Å². The molecule has 0 saturated carbocycles. The van der Waals surface area contributed by atoms with Crippen molar-refractivity contribution in [1.29, 1.82) is 0 Å². The SMILES string of the molecule is COc1ccc(CCNC(=O)CNC(=O)c2cccc([N+](=O)[O-])c2)cc1. The smallest absolute Gasteiger partial charge is 0.270 e. The predicted octanol–water partition coefficient (Wildman–Crippen LogP) is 1.69. The fourth-order valence-electron chi connectivity index (χ4n) is 2.22. The Labute approximate surface area is 150 Å². The molecule has 0 unspecified atom stereocenters. The van der Waals surface area contributed by atoms with Gasteiger partial charge in [-0.25, -0.2) is 0 Å². The number of methoxy groups -OCH3 is 1. The Morgan fingerprint density at radius 1 is 1.12 bits per heavy atom. The van der Waals surface area contributed by atoms with Crippen LogP contribution >= 0.6 is 0 Å². The molecule has 2 rings (SSSR count). The minimum atomic E-state index is -0.581. The van der Waals surface area contributed by atoms with E-state index in [1.807, 2.05) is 24.3 Å². The Morgan fingerprint density at radius 3 is 2.50 bits per heavy atom. The molecular weight excluding hydrogens is 338 g/mol. The number of hydrogen-bond donors (Lipinski definition) is 2. The number of benzene rings is 2. The van der Waals surface area contributed by atoms with Crippen LogP contribution in [0, 0.1) is 10.1 Å². The standard InChI is InChI=1S/C18H19N3O5/c1-26-16-7-5-13(6-8-16)9-10-19-17(22)12-20-18(23)14-3-2-4-15(11-14)21(24)25/h2-8,11H,9-10,12H2,1H3,(H,19,22)(H,20,23). The summed E-state index contributed by atoms with van der Waals surface area (Å²) in [5, 5.41) is 15.9. The molecule has 0 fully saturated rings. The first kappa shape index (κ1) is 18.9. The predicted molar refractivity (Wildman–Crippen MR) is 95.1 cm³/mol. The van der Waals surface area contributed by atoms with Crippen LogP contribution in [0.3, 0.4) is 0 Å². The van der Waals surface area contributed by atoms with E-state index < -0.39 is 10.8 Å². The van der Waals surface area contributed by atoms with Crippen molar-refractivity contribution < 1.29 is 19.2 Å². The molecule has 0 radical (unpaired) electrons. The number of amides is 2. The van der Waals surface area contributed by atoms with Gasteiger partial charge in [-0.1, -0.05) is 18.2 Å². The Morgan fingerprint density at radius 2 is 1.85 bits per heavy atom. The molecular formula is C18H19N3O5. The third-order valence-electron chi connectivity index (χ3n) is 3.62. The molecule has 2 aromatic rings. The molecule has 136 valence electrons. The summed E-state index contributed by atoms with van der Waals surface area (Å²) in [5.74, 6) is -0.113. The Balaban J connectivity index is 1.74. The second kappa shape index (κ2) is 9.16. The summed E-state index contributed by atoms with van der Waals surface area (Å²) in [6.07, 6.45) is 0.647. The molecule has 2 amide bonds. The van der Waals surface area contributed by atoms with Crippen molar-refractivity contribution in [3.8, 4) is 5.75 Å². The van der Waals surface area contributed by atoms with Gasteiger partial charge in [0.25, 0.3) is 11.6 Å². The van der Waals surface area contributed by atoms with Crippen molar-refractivity contribution in [2.75, 3.05) is 20.2 Å². The highest BCUT2D eigenvalue weighted by Gasteiger charge is 2.12. The van der Waals surface area contributed by atoms with E-state index in [0.29, 0.717) is 13.0 Å². The van der Waals surface area contributed by atoms with E-state index in [4.69, 9.17) is 4.74 Å². The average molecular weight is 357 g/mol. The molecule has 0 aliphatic carbocycles. The van der Waals surface area contributed by atoms with Crippen LogP contribution < -0.4 is 15.4 Å². The molecule has 8 nitrogen and oxygen atoms in total. The molecule has 2 N–H and O–H groups in total. The first-order chi connectivity index (χ1) is 12.5. The van der Waals surface area contributed by atoms with Crippen molar-refractivity contribution in [3.05, 3.63) is 69.8 Å². The lowest BCUT2D eigenvalue weighted by Crippen LogP contribution is -2.37. The van der Waals surface area contributed by atoms with Crippen molar-refractivity contribution >= 4 is 17.5 Å². The average Bonchev–Trinajstić information content (AvgIpc) is 2.66. The highest BCUT2D eigenvalue weighted by Crippen LogP contribution is 2.13. The zero-order valence-electron chi connectivity index (χ0n) is 14.2. The van der Waals surface area contributed by atoms with Crippen molar-refractivity contribution in [2.45, 2.75) is 6.42 Å². The van der Waals surface area contributed by atoms with Gasteiger partial charge in [-0.2, -0.15) is 0 Å². The van der Waals surface area contributed by atoms with Crippen molar-refractivity contribution in [3.63, 3.8) is 0 Å². The number of nitrogens with one attached hydrogen (secondary N) is 2. The summed E-state index contributed by atoms with van der Waals surface area (Å²) >= 11 is 0. The Kier molecular flexibility index (Phi) is 6.67. The normalized spacial score (nSPS) is 10.0. The minimum Gasteiger partial charge on any atom is -0.497 e. The number of carbonyl (C=O) groups is 2. The van der Waals surface area contributed by atoms with Crippen LogP contribution in [-0.2, 0) is 11.2 Å². The zero-order chi connectivity index (χ0) is 18.9. The largest absolute Gasteiger partial charge is 0.497 e. The van der Waals surface area contributed by atoms with E-state index in [-0.39, 0.29) is 23.7 Å². The maximum absolute atomic E-state index is 12.0. The molecule has 2 aromatic carbocycles. The number of non-ortho nitro benzene ring substituents is 1. The second-order valence-electron chi connectivity index (χ2n) is 5.44. The molecule has 26 heavy (non-hydrogen) atoms. The highest BCUT2D eigenvalue weighted by molar-refractivity contribution is 5.96. The van der Waals surface area contributed by atoms with Gasteiger partial charge < -0.3 is 15.4 Å². The first-order valence-corrected chi connectivity index (χ1v) is 7.92. The lowest BCUT2D eigenvalue weighted by molar-refractivity contribution is -0.384. The number of nitro groups is 1. The maximum atomic E-state index is 12.0. The fraction of sp³-hybridized carbons (Fsp3) is 0.222. The van der Waals surface area contributed by atoms with Crippen LogP contribution in [0.15, 0.2) is 48.5 Å². The van der Waals surface area contributed by atoms with Gasteiger partial charge in [0, 0.05) is 24.2 Å². The van der Waals surface area contributed by atoms with Crippen LogP contribution in [0.25, 0.3) is 0 Å². The monoisotopic (exact) mass is 357 g/mol. The van der Waals surface area contributed by atoms with E-state index in [1.165, 1.54) is 18.2 Å². The van der Waals surface area contributed by atoms with E-state index in [2.05, 4.69) is 10.6 Å². The molecule has 0 heterocycles. The van der Waals surface area contributed by atoms with Gasteiger partial charge in [0.2, 0.25) is 5.91 Å². The minimum absolute atomic E-state index is 0.130. The molecule has 0 aliphatic rings. The maximum Gasteiger partial charge on any atom is 0.270 e. The van der Waals surface area contributed by atoms with Crippen LogP contribution in [-0.4, -0.2) is 36.9 Å². The van der Waals surface area contributed by atoms with E-state index >= 15 is 0 Å². The molecule has 0 aromatic heterocycles. The van der Waals surface area contributed by atoms with Gasteiger partial charge in [-0.05, 0) is 30.2 Å². The summed E-state index contributed by atoms with van der Waals surface area (Å²) in [4.78, 5) is 33.9. The number of nitrogens with zero attached hydrogens (tertiary/aromatic N) is 1. The molecule has 0 aliphatic heterocycles. The number of nitro benzene ring substituents is 1. The molecule has 0 saturated heterocycles. The lowest BCUT2D eigenvalue weighted by atomic mass is 10.1. The summed E-state index contributed by atoms with van der Waals surface area (Å²) in [5.41, 5.74) is 0.999. The molecule has 0 atom stereocenters. The second-order valence-corrected chi connectivity index (χ2v) is 5.44. The molecule has 0 spiro atoms. The number of hydrogen-bond acceptors (Lipinski definition) is 5. The van der Waals surface area contributed by atoms with Gasteiger partial charge in [0.15, 0.2) is 0 Å². The van der Waals surface area contributed by atoms with Gasteiger partial charge in [0.1, 0.15) is 5.75 Å². The summed E-state index contributed by atoms with van der Waals surface area (Å²) in [6, 6.07) is 12.8. The zero-order valence-corrected chi connectivity index (χ0v) is 14.2. The van der Waals surface area contributed by atoms with Gasteiger partial charge in [-0.15, -0.1) is 0 Å². The summed E-state index contributed by atoms with van der Waals surface area (Å²) in [7, 11) is 1.59. The molecule has 8 heteroatoms. The Hall–Kier alpha value is -3.42. The van der Waals surface area contributed by atoms with Gasteiger partial charge in [-0.3, -0.25) is 19.7 Å². The number of ether oxygens (including phenoxy) is 1. The van der Waals surface area contributed by atoms with E-state index in [9.17, 15) is 19.7 Å². The summed E-state index contributed by atoms with van der Waals surface area (Å²) < 4.78 is 5.08. The molecule has 0 bridgehead atoms. The number of carbonyl (C=O) groups excluding carboxylic acids is 2. The third-order valence-corrected chi connectivity index (χ3v) is 3.62. The summed E-state index contributed by atoms with van der Waals surface area (Å²) in [6.45, 7) is 0.224. The van der Waals surface area contributed by atoms with Crippen LogP contribution in [0.1, 0.15) is 15.9 Å². The van der Waals surface area contributed by atoms with Crippen LogP contribution in [0.2, 0.25) is 0 Å². The van der Waals surface area contributed by atoms with Crippen molar-refractivity contribution in [2.24, 2.45) is 0 Å². The third kappa shape index (κ3) is 5.59. The fourth-order valence-corrected chi connectivity index (χ4v) is 2.22. The lowest BCUT2D eigenvalue weighted by Gasteiger charge is -2.08. The first-order valence-electron chi connectivity index (χ1n) is 7.92. The Bertz CT molecular complexity index is 790.